The first-order chi connectivity index (χ1) is 14.1. The first-order valence-electron chi connectivity index (χ1n) is 9.31. The number of nitrogens with zero attached hydrogens (tertiary/aromatic N) is 1. The highest BCUT2D eigenvalue weighted by Gasteiger charge is 2.24. The highest BCUT2D eigenvalue weighted by molar-refractivity contribution is 6.20. The smallest absolute Gasteiger partial charge is 0.255 e. The summed E-state index contributed by atoms with van der Waals surface area (Å²) in [4.78, 5) is 27.8. The SMILES string of the molecule is C/C(N)=C(\C(=O)NC(C)(C)C=O)c1cc(OCc2ccccc2F)ccn1.CNC. The van der Waals surface area contributed by atoms with Gasteiger partial charge in [-0.3, -0.25) is 9.78 Å². The lowest BCUT2D eigenvalue weighted by atomic mass is 10.0. The summed E-state index contributed by atoms with van der Waals surface area (Å²) in [5.41, 5.74) is 5.90. The van der Waals surface area contributed by atoms with Crippen molar-refractivity contribution in [3.63, 3.8) is 0 Å². The Morgan fingerprint density at radius 1 is 1.27 bits per heavy atom. The Morgan fingerprint density at radius 3 is 2.47 bits per heavy atom. The summed E-state index contributed by atoms with van der Waals surface area (Å²) in [7, 11) is 3.75. The highest BCUT2D eigenvalue weighted by atomic mass is 19.1. The van der Waals surface area contributed by atoms with Gasteiger partial charge in [0.25, 0.3) is 5.91 Å². The lowest BCUT2D eigenvalue weighted by Gasteiger charge is -2.20. The van der Waals surface area contributed by atoms with Crippen LogP contribution in [0.3, 0.4) is 0 Å². The Bertz CT molecular complexity index is 893. The predicted octanol–water partition coefficient (Wildman–Crippen LogP) is 2.42. The topological polar surface area (TPSA) is 106 Å². The minimum atomic E-state index is -1.04. The Hall–Kier alpha value is -3.26. The molecule has 2 rings (SSSR count). The molecule has 0 unspecified atom stereocenters. The number of rotatable bonds is 7. The van der Waals surface area contributed by atoms with Gasteiger partial charge >= 0.3 is 0 Å². The van der Waals surface area contributed by atoms with E-state index < -0.39 is 11.4 Å². The van der Waals surface area contributed by atoms with E-state index in [-0.39, 0.29) is 23.7 Å². The van der Waals surface area contributed by atoms with E-state index in [1.807, 2.05) is 14.1 Å². The van der Waals surface area contributed by atoms with Crippen molar-refractivity contribution in [2.75, 3.05) is 14.1 Å². The van der Waals surface area contributed by atoms with Crippen molar-refractivity contribution in [1.82, 2.24) is 15.6 Å². The lowest BCUT2D eigenvalue weighted by Crippen LogP contribution is -2.45. The van der Waals surface area contributed by atoms with Crippen molar-refractivity contribution in [3.05, 3.63) is 65.4 Å². The number of halogens is 1. The summed E-state index contributed by atoms with van der Waals surface area (Å²) in [6.07, 6.45) is 2.10. The van der Waals surface area contributed by atoms with E-state index in [2.05, 4.69) is 15.6 Å². The third-order valence-electron chi connectivity index (χ3n) is 3.69. The van der Waals surface area contributed by atoms with Gasteiger partial charge in [-0.15, -0.1) is 0 Å². The van der Waals surface area contributed by atoms with E-state index >= 15 is 0 Å². The molecular weight excluding hydrogens is 387 g/mol. The van der Waals surface area contributed by atoms with Crippen LogP contribution in [0, 0.1) is 5.82 Å². The summed E-state index contributed by atoms with van der Waals surface area (Å²) < 4.78 is 19.3. The Morgan fingerprint density at radius 2 is 1.90 bits per heavy atom. The molecule has 0 bridgehead atoms. The van der Waals surface area contributed by atoms with Gasteiger partial charge in [0, 0.05) is 23.5 Å². The zero-order valence-corrected chi connectivity index (χ0v) is 18.0. The third-order valence-corrected chi connectivity index (χ3v) is 3.69. The van der Waals surface area contributed by atoms with Crippen LogP contribution in [-0.4, -0.2) is 36.8 Å². The standard InChI is InChI=1S/C20H22FN3O3.C2H7N/c1-13(22)18(19(26)24-20(2,3)12-25)17-10-15(8-9-23-17)27-11-14-6-4-5-7-16(14)21;1-3-2/h4-10,12H,11,22H2,1-3H3,(H,24,26);3H,1-2H3/b18-13+;. The van der Waals surface area contributed by atoms with Gasteiger partial charge in [-0.1, -0.05) is 18.2 Å². The molecule has 8 heteroatoms. The molecule has 0 aliphatic carbocycles. The molecular formula is C22H29FN4O3. The molecule has 4 N–H and O–H groups in total. The molecule has 1 aromatic carbocycles. The van der Waals surface area contributed by atoms with Crippen molar-refractivity contribution < 1.29 is 18.7 Å². The average Bonchev–Trinajstić information content (AvgIpc) is 2.68. The fourth-order valence-corrected chi connectivity index (χ4v) is 2.30. The van der Waals surface area contributed by atoms with Crippen LogP contribution in [-0.2, 0) is 16.2 Å². The van der Waals surface area contributed by atoms with Crippen LogP contribution in [0.4, 0.5) is 4.39 Å². The Kier molecular flexibility index (Phi) is 9.64. The second kappa shape index (κ2) is 11.7. The van der Waals surface area contributed by atoms with Crippen LogP contribution >= 0.6 is 0 Å². The monoisotopic (exact) mass is 416 g/mol. The molecule has 2 aromatic rings. The van der Waals surface area contributed by atoms with Crippen molar-refractivity contribution in [1.29, 1.82) is 0 Å². The van der Waals surface area contributed by atoms with Crippen molar-refractivity contribution in [2.24, 2.45) is 5.73 Å². The molecule has 0 saturated heterocycles. The second-order valence-corrected chi connectivity index (χ2v) is 7.11. The largest absolute Gasteiger partial charge is 0.489 e. The van der Waals surface area contributed by atoms with Crippen molar-refractivity contribution in [3.8, 4) is 5.75 Å². The van der Waals surface area contributed by atoms with Gasteiger partial charge in [0.1, 0.15) is 24.5 Å². The normalized spacial score (nSPS) is 11.5. The number of allylic oxidation sites excluding steroid dienone is 1. The quantitative estimate of drug-likeness (QED) is 0.473. The third kappa shape index (κ3) is 7.63. The molecule has 30 heavy (non-hydrogen) atoms. The zero-order valence-electron chi connectivity index (χ0n) is 18.0. The molecule has 7 nitrogen and oxygen atoms in total. The average molecular weight is 416 g/mol. The minimum Gasteiger partial charge on any atom is -0.489 e. The van der Waals surface area contributed by atoms with Crippen LogP contribution in [0.1, 0.15) is 32.0 Å². The van der Waals surface area contributed by atoms with Gasteiger partial charge < -0.3 is 25.9 Å². The van der Waals surface area contributed by atoms with E-state index in [1.54, 1.807) is 51.1 Å². The number of nitrogens with two attached hydrogens (primary N) is 1. The molecule has 0 aliphatic rings. The molecule has 1 aromatic heterocycles. The maximum atomic E-state index is 13.7. The van der Waals surface area contributed by atoms with E-state index in [9.17, 15) is 14.0 Å². The van der Waals surface area contributed by atoms with Gasteiger partial charge in [-0.2, -0.15) is 0 Å². The summed E-state index contributed by atoms with van der Waals surface area (Å²) >= 11 is 0. The Labute approximate surface area is 176 Å². The number of hydrogen-bond donors (Lipinski definition) is 3. The van der Waals surface area contributed by atoms with Gasteiger partial charge in [0.05, 0.1) is 16.8 Å². The van der Waals surface area contributed by atoms with Crippen LogP contribution in [0.2, 0.25) is 0 Å². The van der Waals surface area contributed by atoms with Gasteiger partial charge in [0.2, 0.25) is 0 Å². The maximum Gasteiger partial charge on any atom is 0.255 e. The van der Waals surface area contributed by atoms with Crippen molar-refractivity contribution in [2.45, 2.75) is 32.9 Å². The molecule has 0 spiro atoms. The number of ether oxygens (including phenoxy) is 1. The maximum absolute atomic E-state index is 13.7. The molecule has 0 atom stereocenters. The van der Waals surface area contributed by atoms with Gasteiger partial charge in [-0.25, -0.2) is 4.39 Å². The van der Waals surface area contributed by atoms with Crippen LogP contribution in [0.15, 0.2) is 48.3 Å². The number of hydrogen-bond acceptors (Lipinski definition) is 6. The lowest BCUT2D eigenvalue weighted by molar-refractivity contribution is -0.121. The molecule has 162 valence electrons. The zero-order chi connectivity index (χ0) is 22.7. The fraction of sp³-hybridized carbons (Fsp3) is 0.318. The number of carbonyl (C=O) groups excluding carboxylic acids is 2. The number of pyridine rings is 1. The minimum absolute atomic E-state index is 0.0289. The molecule has 0 fully saturated rings. The number of amides is 1. The number of carbonyl (C=O) groups is 2. The Balaban J connectivity index is 0.00000141. The van der Waals surface area contributed by atoms with Crippen LogP contribution < -0.4 is 21.1 Å². The van der Waals surface area contributed by atoms with E-state index in [1.165, 1.54) is 12.3 Å². The molecule has 0 radical (unpaired) electrons. The van der Waals surface area contributed by atoms with Crippen molar-refractivity contribution >= 4 is 17.8 Å². The molecule has 0 aliphatic heterocycles. The molecule has 1 heterocycles. The van der Waals surface area contributed by atoms with E-state index in [0.717, 1.165) is 0 Å². The summed E-state index contributed by atoms with van der Waals surface area (Å²) in [5.74, 6) is -0.476. The second-order valence-electron chi connectivity index (χ2n) is 7.11. The van der Waals surface area contributed by atoms with Gasteiger partial charge in [0.15, 0.2) is 0 Å². The first kappa shape index (κ1) is 24.8. The first-order valence-corrected chi connectivity index (χ1v) is 9.31. The number of aromatic nitrogens is 1. The van der Waals surface area contributed by atoms with Gasteiger partial charge in [-0.05, 0) is 47.0 Å². The van der Waals surface area contributed by atoms with Crippen LogP contribution in [0.5, 0.6) is 5.75 Å². The summed E-state index contributed by atoms with van der Waals surface area (Å²) in [5, 5.41) is 5.35. The summed E-state index contributed by atoms with van der Waals surface area (Å²) in [6.45, 7) is 4.74. The number of benzene rings is 1. The number of aldehydes is 1. The fourth-order valence-electron chi connectivity index (χ4n) is 2.30. The van der Waals surface area contributed by atoms with E-state index in [4.69, 9.17) is 10.5 Å². The highest BCUT2D eigenvalue weighted by Crippen LogP contribution is 2.21. The van der Waals surface area contributed by atoms with E-state index in [0.29, 0.717) is 23.3 Å². The molecule has 1 amide bonds. The van der Waals surface area contributed by atoms with Crippen LogP contribution in [0.25, 0.3) is 5.57 Å². The molecule has 0 saturated carbocycles. The number of nitrogens with one attached hydrogen (secondary N) is 2. The predicted molar refractivity (Wildman–Crippen MR) is 115 cm³/mol. The summed E-state index contributed by atoms with van der Waals surface area (Å²) in [6, 6.07) is 9.44.